The maximum atomic E-state index is 12.3. The molecule has 2 saturated heterocycles. The number of aromatic nitrogens is 2. The number of hydrogen-bond donors (Lipinski definition) is 0. The van der Waals surface area contributed by atoms with E-state index < -0.39 is 12.2 Å². The van der Waals surface area contributed by atoms with Crippen molar-refractivity contribution in [3.8, 4) is 17.0 Å². The van der Waals surface area contributed by atoms with Gasteiger partial charge in [-0.25, -0.2) is 9.78 Å². The van der Waals surface area contributed by atoms with Crippen LogP contribution in [0, 0.1) is 0 Å². The highest BCUT2D eigenvalue weighted by Gasteiger charge is 2.33. The van der Waals surface area contributed by atoms with Crippen LogP contribution < -0.4 is 14.5 Å². The molecule has 0 saturated carbocycles. The Bertz CT molecular complexity index is 1070. The number of cyclic esters (lactones) is 1. The molecule has 0 bridgehead atoms. The van der Waals surface area contributed by atoms with Gasteiger partial charge in [-0.15, -0.1) is 0 Å². The molecule has 2 fully saturated rings. The molecule has 2 aliphatic heterocycles. The zero-order chi connectivity index (χ0) is 21.2. The summed E-state index contributed by atoms with van der Waals surface area (Å²) in [6, 6.07) is 13.0. The molecule has 0 spiro atoms. The van der Waals surface area contributed by atoms with Crippen molar-refractivity contribution in [1.82, 2.24) is 10.1 Å². The van der Waals surface area contributed by atoms with E-state index in [0.29, 0.717) is 24.7 Å². The van der Waals surface area contributed by atoms with Crippen LogP contribution in [0.4, 0.5) is 16.3 Å². The Labute approximate surface area is 178 Å². The van der Waals surface area contributed by atoms with Gasteiger partial charge in [0.15, 0.2) is 6.10 Å². The van der Waals surface area contributed by atoms with Crippen molar-refractivity contribution in [3.05, 3.63) is 54.9 Å². The third-order valence-electron chi connectivity index (χ3n) is 5.32. The van der Waals surface area contributed by atoms with Gasteiger partial charge in [-0.3, -0.25) is 14.6 Å². The Kier molecular flexibility index (Phi) is 4.99. The zero-order valence-electron chi connectivity index (χ0n) is 16.6. The predicted octanol–water partition coefficient (Wildman–Crippen LogP) is 3.27. The number of pyridine rings is 1. The largest absolute Gasteiger partial charge is 0.471 e. The number of ether oxygens (including phenoxy) is 2. The van der Waals surface area contributed by atoms with Gasteiger partial charge in [-0.05, 0) is 41.4 Å². The summed E-state index contributed by atoms with van der Waals surface area (Å²) in [6.07, 6.45) is 3.82. The second-order valence-corrected chi connectivity index (χ2v) is 7.37. The van der Waals surface area contributed by atoms with E-state index >= 15 is 0 Å². The van der Waals surface area contributed by atoms with Crippen LogP contribution in [0.2, 0.25) is 0 Å². The lowest BCUT2D eigenvalue weighted by molar-refractivity contribution is -0.117. The second-order valence-electron chi connectivity index (χ2n) is 7.37. The summed E-state index contributed by atoms with van der Waals surface area (Å²) >= 11 is 0. The third kappa shape index (κ3) is 3.94. The van der Waals surface area contributed by atoms with Crippen LogP contribution in [-0.4, -0.2) is 47.9 Å². The quantitative estimate of drug-likeness (QED) is 0.604. The van der Waals surface area contributed by atoms with Crippen LogP contribution in [0.15, 0.2) is 59.4 Å². The van der Waals surface area contributed by atoms with E-state index in [1.54, 1.807) is 22.1 Å². The van der Waals surface area contributed by atoms with Crippen LogP contribution in [0.3, 0.4) is 0 Å². The van der Waals surface area contributed by atoms with Crippen LogP contribution in [0.1, 0.15) is 12.8 Å². The van der Waals surface area contributed by atoms with E-state index in [9.17, 15) is 9.59 Å². The molecule has 1 atom stereocenters. The first-order valence-electron chi connectivity index (χ1n) is 10.1. The number of benzene rings is 1. The van der Waals surface area contributed by atoms with Crippen LogP contribution >= 0.6 is 0 Å². The number of hydrogen-bond acceptors (Lipinski definition) is 7. The molecule has 4 heterocycles. The normalized spacial score (nSPS) is 18.5. The molecule has 1 unspecified atom stereocenters. The van der Waals surface area contributed by atoms with Crippen molar-refractivity contribution in [2.24, 2.45) is 0 Å². The highest BCUT2D eigenvalue weighted by Crippen LogP contribution is 2.27. The van der Waals surface area contributed by atoms with Crippen molar-refractivity contribution >= 4 is 23.5 Å². The second kappa shape index (κ2) is 8.10. The Morgan fingerprint density at radius 3 is 2.55 bits per heavy atom. The van der Waals surface area contributed by atoms with Crippen molar-refractivity contribution in [2.45, 2.75) is 18.9 Å². The minimum absolute atomic E-state index is 0.117. The number of carbonyl (C=O) groups excluding carboxylic acids is 2. The predicted molar refractivity (Wildman–Crippen MR) is 111 cm³/mol. The average molecular weight is 420 g/mol. The number of carbonyl (C=O) groups is 2. The molecule has 3 aromatic rings. The van der Waals surface area contributed by atoms with Gasteiger partial charge in [0.1, 0.15) is 18.7 Å². The first-order valence-corrected chi connectivity index (χ1v) is 10.1. The Morgan fingerprint density at radius 2 is 1.87 bits per heavy atom. The first kappa shape index (κ1) is 19.1. The molecule has 0 radical (unpaired) electrons. The summed E-state index contributed by atoms with van der Waals surface area (Å²) in [6.45, 7) is 1.30. The topological polar surface area (TPSA) is 98.0 Å². The first-order chi connectivity index (χ1) is 15.2. The molecule has 5 rings (SSSR count). The molecular weight excluding hydrogens is 400 g/mol. The van der Waals surface area contributed by atoms with Gasteiger partial charge in [0.25, 0.3) is 5.88 Å². The van der Waals surface area contributed by atoms with Crippen LogP contribution in [0.5, 0.6) is 5.88 Å². The molecule has 2 amide bonds. The highest BCUT2D eigenvalue weighted by molar-refractivity contribution is 5.94. The fourth-order valence-electron chi connectivity index (χ4n) is 3.71. The summed E-state index contributed by atoms with van der Waals surface area (Å²) in [5.74, 6) is 1.15. The fourth-order valence-corrected chi connectivity index (χ4v) is 3.71. The summed E-state index contributed by atoms with van der Waals surface area (Å²) in [7, 11) is 0. The standard InChI is InChI=1S/C22H20N4O5/c27-21-2-1-10-25(21)19-8-5-16(12-23-19)15-3-6-17(7-4-15)26-13-18(31-22(26)28)14-29-20-9-11-30-24-20/h3-9,11-12,18H,1-2,10,13-14H2. The lowest BCUT2D eigenvalue weighted by Crippen LogP contribution is -2.26. The lowest BCUT2D eigenvalue weighted by Gasteiger charge is -2.15. The molecule has 158 valence electrons. The average Bonchev–Trinajstić information content (AvgIpc) is 3.54. The van der Waals surface area contributed by atoms with Gasteiger partial charge >= 0.3 is 6.09 Å². The summed E-state index contributed by atoms with van der Waals surface area (Å²) in [5.41, 5.74) is 2.64. The van der Waals surface area contributed by atoms with E-state index in [1.165, 1.54) is 6.26 Å². The number of amides is 2. The fraction of sp³-hybridized carbons (Fsp3) is 0.273. The molecular formula is C22H20N4O5. The van der Waals surface area contributed by atoms with Crippen LogP contribution in [0.25, 0.3) is 11.1 Å². The minimum Gasteiger partial charge on any atom is -0.471 e. The third-order valence-corrected chi connectivity index (χ3v) is 5.32. The molecule has 0 N–H and O–H groups in total. The van der Waals surface area contributed by atoms with Crippen molar-refractivity contribution < 1.29 is 23.6 Å². The van der Waals surface area contributed by atoms with Gasteiger partial charge in [0.2, 0.25) is 5.91 Å². The Morgan fingerprint density at radius 1 is 1.03 bits per heavy atom. The molecule has 0 aliphatic carbocycles. The smallest absolute Gasteiger partial charge is 0.414 e. The van der Waals surface area contributed by atoms with Crippen molar-refractivity contribution in [3.63, 3.8) is 0 Å². The monoisotopic (exact) mass is 420 g/mol. The zero-order valence-corrected chi connectivity index (χ0v) is 16.6. The van der Waals surface area contributed by atoms with Gasteiger partial charge < -0.3 is 14.0 Å². The van der Waals surface area contributed by atoms with E-state index in [0.717, 1.165) is 29.8 Å². The summed E-state index contributed by atoms with van der Waals surface area (Å²) < 4.78 is 15.5. The molecule has 2 aliphatic rings. The van der Waals surface area contributed by atoms with Gasteiger partial charge in [-0.2, -0.15) is 0 Å². The van der Waals surface area contributed by atoms with E-state index in [2.05, 4.69) is 10.1 Å². The number of anilines is 2. The maximum absolute atomic E-state index is 12.3. The SMILES string of the molecule is O=C1OC(COc2ccon2)CN1c1ccc(-c2ccc(N3CCCC3=O)nc2)cc1. The molecule has 9 heteroatoms. The van der Waals surface area contributed by atoms with E-state index in [4.69, 9.17) is 14.0 Å². The summed E-state index contributed by atoms with van der Waals surface area (Å²) in [5, 5.41) is 3.67. The molecule has 2 aromatic heterocycles. The lowest BCUT2D eigenvalue weighted by atomic mass is 10.1. The Hall–Kier alpha value is -3.88. The van der Waals surface area contributed by atoms with Crippen molar-refractivity contribution in [1.29, 1.82) is 0 Å². The number of rotatable bonds is 6. The maximum Gasteiger partial charge on any atom is 0.414 e. The van der Waals surface area contributed by atoms with Crippen molar-refractivity contribution in [2.75, 3.05) is 29.5 Å². The molecule has 31 heavy (non-hydrogen) atoms. The minimum atomic E-state index is -0.414. The van der Waals surface area contributed by atoms with E-state index in [-0.39, 0.29) is 12.5 Å². The Balaban J connectivity index is 1.23. The van der Waals surface area contributed by atoms with Crippen LogP contribution in [-0.2, 0) is 9.53 Å². The number of nitrogens with zero attached hydrogens (tertiary/aromatic N) is 4. The van der Waals surface area contributed by atoms with E-state index in [1.807, 2.05) is 36.4 Å². The highest BCUT2D eigenvalue weighted by atomic mass is 16.6. The summed E-state index contributed by atoms with van der Waals surface area (Å²) in [4.78, 5) is 31.9. The van der Waals surface area contributed by atoms with Gasteiger partial charge in [0, 0.05) is 36.5 Å². The molecule has 1 aromatic carbocycles. The molecule has 9 nitrogen and oxygen atoms in total. The van der Waals surface area contributed by atoms with Gasteiger partial charge in [0.05, 0.1) is 6.54 Å². The van der Waals surface area contributed by atoms with Gasteiger partial charge in [-0.1, -0.05) is 12.1 Å².